The van der Waals surface area contributed by atoms with Crippen molar-refractivity contribution in [3.8, 4) is 0 Å². The molecule has 0 unspecified atom stereocenters. The predicted octanol–water partition coefficient (Wildman–Crippen LogP) is 5.20. The molecule has 7 nitrogen and oxygen atoms in total. The molecule has 1 aliphatic heterocycles. The Morgan fingerprint density at radius 3 is 1.98 bits per heavy atom. The zero-order valence-corrected chi connectivity index (χ0v) is 22.0. The first kappa shape index (κ1) is 25.6. The van der Waals surface area contributed by atoms with E-state index in [0.29, 0.717) is 28.1 Å². The normalized spacial score (nSPS) is 14.2. The molecule has 0 atom stereocenters. The Labute approximate surface area is 230 Å². The molecule has 202 valence electrons. The van der Waals surface area contributed by atoms with Crippen LogP contribution in [0.3, 0.4) is 0 Å². The molecular formula is C31H28F2N6O. The lowest BCUT2D eigenvalue weighted by molar-refractivity contribution is 0.313. The minimum Gasteiger partial charge on any atom is -0.369 e. The van der Waals surface area contributed by atoms with Crippen LogP contribution >= 0.6 is 0 Å². The van der Waals surface area contributed by atoms with Crippen LogP contribution in [0.15, 0.2) is 95.9 Å². The second-order valence-electron chi connectivity index (χ2n) is 9.98. The van der Waals surface area contributed by atoms with E-state index in [2.05, 4.69) is 39.3 Å². The fourth-order valence-electron chi connectivity index (χ4n) is 5.08. The Kier molecular flexibility index (Phi) is 6.96. The molecule has 1 saturated heterocycles. The summed E-state index contributed by atoms with van der Waals surface area (Å²) in [5, 5.41) is 3.91. The maximum Gasteiger partial charge on any atom is 0.253 e. The smallest absolute Gasteiger partial charge is 0.253 e. The Balaban J connectivity index is 1.38. The number of aromatic nitrogens is 3. The van der Waals surface area contributed by atoms with Crippen molar-refractivity contribution in [1.82, 2.24) is 19.4 Å². The number of hydrogen-bond donors (Lipinski definition) is 1. The number of anilines is 3. The van der Waals surface area contributed by atoms with E-state index >= 15 is 0 Å². The van der Waals surface area contributed by atoms with Gasteiger partial charge in [-0.05, 0) is 72.8 Å². The zero-order valence-electron chi connectivity index (χ0n) is 22.0. The van der Waals surface area contributed by atoms with Gasteiger partial charge in [-0.2, -0.15) is 4.98 Å². The lowest BCUT2D eigenvalue weighted by atomic mass is 9.98. The second kappa shape index (κ2) is 10.9. The quantitative estimate of drug-likeness (QED) is 0.321. The van der Waals surface area contributed by atoms with E-state index in [1.54, 1.807) is 41.1 Å². The highest BCUT2D eigenvalue weighted by atomic mass is 19.1. The van der Waals surface area contributed by atoms with Crippen LogP contribution in [0.5, 0.6) is 0 Å². The summed E-state index contributed by atoms with van der Waals surface area (Å²) in [6.45, 7) is 4.03. The average molecular weight is 539 g/mol. The molecular weight excluding hydrogens is 510 g/mol. The Hall–Kier alpha value is -4.63. The maximum absolute atomic E-state index is 13.8. The van der Waals surface area contributed by atoms with Crippen LogP contribution in [0.2, 0.25) is 0 Å². The Morgan fingerprint density at radius 1 is 0.775 bits per heavy atom. The first-order valence-electron chi connectivity index (χ1n) is 13.1. The molecule has 2 aromatic heterocycles. The number of likely N-dealkylation sites (N-methyl/N-ethyl adjacent to an activating group) is 1. The van der Waals surface area contributed by atoms with Crippen LogP contribution < -0.4 is 15.8 Å². The Morgan fingerprint density at radius 2 is 1.38 bits per heavy atom. The predicted molar refractivity (Wildman–Crippen MR) is 153 cm³/mol. The van der Waals surface area contributed by atoms with E-state index in [4.69, 9.17) is 4.98 Å². The minimum absolute atomic E-state index is 0.299. The van der Waals surface area contributed by atoms with Crippen molar-refractivity contribution in [3.05, 3.63) is 124 Å². The number of pyridine rings is 1. The molecule has 0 amide bonds. The highest BCUT2D eigenvalue weighted by Crippen LogP contribution is 2.29. The van der Waals surface area contributed by atoms with Crippen molar-refractivity contribution in [2.45, 2.75) is 6.04 Å². The molecule has 0 saturated carbocycles. The number of rotatable bonds is 6. The Bertz CT molecular complexity index is 1630. The molecule has 9 heteroatoms. The van der Waals surface area contributed by atoms with Gasteiger partial charge in [0.2, 0.25) is 5.95 Å². The van der Waals surface area contributed by atoms with Crippen LogP contribution in [0.25, 0.3) is 11.0 Å². The number of halogens is 2. The largest absolute Gasteiger partial charge is 0.369 e. The highest BCUT2D eigenvalue weighted by Gasteiger charge is 2.21. The fourth-order valence-corrected chi connectivity index (χ4v) is 5.08. The van der Waals surface area contributed by atoms with Crippen molar-refractivity contribution in [2.24, 2.45) is 0 Å². The van der Waals surface area contributed by atoms with E-state index < -0.39 is 6.04 Å². The molecule has 40 heavy (non-hydrogen) atoms. The lowest BCUT2D eigenvalue weighted by Crippen LogP contribution is -2.44. The summed E-state index contributed by atoms with van der Waals surface area (Å²) < 4.78 is 29.1. The SMILES string of the molecule is CN1CCN(c2ccc(Nc3ncc4ccc(=O)n(C(c5ccc(F)cc5)c5ccc(F)cc5)c4n3)cc2)CC1. The number of piperazine rings is 1. The third kappa shape index (κ3) is 5.28. The lowest BCUT2D eigenvalue weighted by Gasteiger charge is -2.34. The summed E-state index contributed by atoms with van der Waals surface area (Å²) in [6.07, 6.45) is 1.66. The topological polar surface area (TPSA) is 66.3 Å². The summed E-state index contributed by atoms with van der Waals surface area (Å²) >= 11 is 0. The molecule has 6 rings (SSSR count). The maximum atomic E-state index is 13.8. The van der Waals surface area contributed by atoms with Crippen LogP contribution in [-0.2, 0) is 0 Å². The highest BCUT2D eigenvalue weighted by molar-refractivity contribution is 5.76. The van der Waals surface area contributed by atoms with Gasteiger partial charge >= 0.3 is 0 Å². The first-order valence-corrected chi connectivity index (χ1v) is 13.1. The fraction of sp³-hybridized carbons (Fsp3) is 0.194. The molecule has 0 aliphatic carbocycles. The van der Waals surface area contributed by atoms with Gasteiger partial charge in [0.15, 0.2) is 0 Å². The summed E-state index contributed by atoms with van der Waals surface area (Å²) in [7, 11) is 2.13. The van der Waals surface area contributed by atoms with Crippen molar-refractivity contribution in [3.63, 3.8) is 0 Å². The number of nitrogens with zero attached hydrogens (tertiary/aromatic N) is 5. The molecule has 1 aliphatic rings. The molecule has 3 aromatic carbocycles. The average Bonchev–Trinajstić information content (AvgIpc) is 2.97. The second-order valence-corrected chi connectivity index (χ2v) is 9.98. The third-order valence-corrected chi connectivity index (χ3v) is 7.29. The van der Waals surface area contributed by atoms with Gasteiger partial charge < -0.3 is 15.1 Å². The van der Waals surface area contributed by atoms with E-state index in [-0.39, 0.29) is 17.2 Å². The van der Waals surface area contributed by atoms with E-state index in [1.807, 2.05) is 12.1 Å². The van der Waals surface area contributed by atoms with Gasteiger partial charge in [-0.15, -0.1) is 0 Å². The molecule has 1 N–H and O–H groups in total. The van der Waals surface area contributed by atoms with Gasteiger partial charge in [0.25, 0.3) is 5.56 Å². The van der Waals surface area contributed by atoms with E-state index in [1.165, 1.54) is 30.3 Å². The zero-order chi connectivity index (χ0) is 27.6. The third-order valence-electron chi connectivity index (χ3n) is 7.29. The van der Waals surface area contributed by atoms with E-state index in [0.717, 1.165) is 37.6 Å². The molecule has 5 aromatic rings. The summed E-state index contributed by atoms with van der Waals surface area (Å²) in [4.78, 5) is 27.2. The van der Waals surface area contributed by atoms with Crippen molar-refractivity contribution in [2.75, 3.05) is 43.4 Å². The number of hydrogen-bond acceptors (Lipinski definition) is 6. The van der Waals surface area contributed by atoms with E-state index in [9.17, 15) is 13.6 Å². The molecule has 0 bridgehead atoms. The monoisotopic (exact) mass is 538 g/mol. The van der Waals surface area contributed by atoms with Gasteiger partial charge in [-0.25, -0.2) is 13.8 Å². The van der Waals surface area contributed by atoms with Crippen molar-refractivity contribution in [1.29, 1.82) is 0 Å². The number of benzene rings is 3. The number of fused-ring (bicyclic) bond motifs is 1. The minimum atomic E-state index is -0.664. The van der Waals surface area contributed by atoms with Crippen LogP contribution in [-0.4, -0.2) is 52.7 Å². The summed E-state index contributed by atoms with van der Waals surface area (Å²) in [6, 6.07) is 22.4. The molecule has 1 fully saturated rings. The summed E-state index contributed by atoms with van der Waals surface area (Å²) in [5.74, 6) is -0.449. The molecule has 0 spiro atoms. The van der Waals surface area contributed by atoms with Crippen molar-refractivity contribution < 1.29 is 8.78 Å². The molecule has 0 radical (unpaired) electrons. The number of nitrogens with one attached hydrogen (secondary N) is 1. The molecule has 3 heterocycles. The van der Waals surface area contributed by atoms with Gasteiger partial charge in [0, 0.05) is 55.2 Å². The van der Waals surface area contributed by atoms with Gasteiger partial charge in [0.1, 0.15) is 17.3 Å². The van der Waals surface area contributed by atoms with Crippen LogP contribution in [0, 0.1) is 11.6 Å². The van der Waals surface area contributed by atoms with Crippen molar-refractivity contribution >= 4 is 28.4 Å². The standard InChI is InChI=1S/C31H28F2N6O/c1-37-16-18-38(19-17-37)27-13-11-26(12-14-27)35-31-34-20-23-6-15-28(40)39(30(23)36-31)29(21-2-7-24(32)8-3-21)22-4-9-25(33)10-5-22/h2-15,20,29H,16-19H2,1H3,(H,34,35,36). The van der Waals surface area contributed by atoms with Gasteiger partial charge in [0.05, 0.1) is 6.04 Å². The van der Waals surface area contributed by atoms with Gasteiger partial charge in [-0.1, -0.05) is 24.3 Å². The van der Waals surface area contributed by atoms with Crippen LogP contribution in [0.1, 0.15) is 17.2 Å². The van der Waals surface area contributed by atoms with Crippen LogP contribution in [0.4, 0.5) is 26.1 Å². The van der Waals surface area contributed by atoms with Gasteiger partial charge in [-0.3, -0.25) is 9.36 Å². The summed E-state index contributed by atoms with van der Waals surface area (Å²) in [5.41, 5.74) is 3.40. The first-order chi connectivity index (χ1) is 19.4.